The Balaban J connectivity index is 2.21. The van der Waals surface area contributed by atoms with Gasteiger partial charge in [-0.1, -0.05) is 6.42 Å². The van der Waals surface area contributed by atoms with Crippen LogP contribution in [0.5, 0.6) is 0 Å². The fourth-order valence-electron chi connectivity index (χ4n) is 3.37. The molecule has 4 nitrogen and oxygen atoms in total. The average molecular weight is 313 g/mol. The fourth-order valence-corrected chi connectivity index (χ4v) is 4.54. The number of nitrogens with zero attached hydrogens (tertiary/aromatic N) is 4. The molecule has 2 aromatic rings. The third-order valence-electron chi connectivity index (χ3n) is 4.29. The van der Waals surface area contributed by atoms with Crippen LogP contribution in [-0.4, -0.2) is 30.8 Å². The van der Waals surface area contributed by atoms with Crippen LogP contribution in [0.1, 0.15) is 43.7 Å². The van der Waals surface area contributed by atoms with Gasteiger partial charge in [-0.15, -0.1) is 11.6 Å². The van der Waals surface area contributed by atoms with E-state index in [2.05, 4.69) is 27.5 Å². The van der Waals surface area contributed by atoms with Crippen LogP contribution < -0.4 is 0 Å². The lowest BCUT2D eigenvalue weighted by Gasteiger charge is -2.22. The van der Waals surface area contributed by atoms with E-state index in [0.29, 0.717) is 17.2 Å². The molecular weight excluding hydrogens is 292 g/mol. The van der Waals surface area contributed by atoms with Crippen LogP contribution in [-0.2, 0) is 12.4 Å². The lowest BCUT2D eigenvalue weighted by Crippen LogP contribution is -2.19. The van der Waals surface area contributed by atoms with Crippen molar-refractivity contribution in [2.45, 2.75) is 56.8 Å². The fraction of sp³-hybridized carbons (Fsp3) is 0.714. The lowest BCUT2D eigenvalue weighted by molar-refractivity contribution is 0.509. The Bertz CT molecular complexity index is 618. The van der Waals surface area contributed by atoms with Crippen molar-refractivity contribution in [1.29, 1.82) is 0 Å². The Morgan fingerprint density at radius 1 is 1.40 bits per heavy atom. The lowest BCUT2D eigenvalue weighted by atomic mass is 10.2. The summed E-state index contributed by atoms with van der Waals surface area (Å²) in [6, 6.07) is 0.505. The highest BCUT2D eigenvalue weighted by atomic mass is 35.5. The number of alkyl halides is 1. The maximum atomic E-state index is 6.16. The quantitative estimate of drug-likeness (QED) is 0.806. The number of rotatable bonds is 4. The summed E-state index contributed by atoms with van der Waals surface area (Å²) in [6.45, 7) is 5.03. The minimum Gasteiger partial charge on any atom is -0.308 e. The van der Waals surface area contributed by atoms with Crippen molar-refractivity contribution in [3.05, 3.63) is 11.5 Å². The summed E-state index contributed by atoms with van der Waals surface area (Å²) in [5.41, 5.74) is 3.19. The summed E-state index contributed by atoms with van der Waals surface area (Å²) in [5, 5.41) is 5.27. The standard InChI is InChI=1S/C14H21ClN4S/c1-4-18-14-13(9(2)17-18)16-12(8-15)19(14)10-6-5-7-11(10)20-3/h10-11H,4-8H2,1-3H3. The van der Waals surface area contributed by atoms with Crippen molar-refractivity contribution in [2.75, 3.05) is 6.26 Å². The van der Waals surface area contributed by atoms with E-state index < -0.39 is 0 Å². The Morgan fingerprint density at radius 3 is 2.85 bits per heavy atom. The molecule has 2 atom stereocenters. The maximum absolute atomic E-state index is 6.16. The number of aromatic nitrogens is 4. The van der Waals surface area contributed by atoms with E-state index in [0.717, 1.165) is 29.2 Å². The molecule has 1 fully saturated rings. The molecule has 0 spiro atoms. The van der Waals surface area contributed by atoms with Crippen molar-refractivity contribution >= 4 is 34.5 Å². The Hall–Kier alpha value is -0.680. The topological polar surface area (TPSA) is 35.6 Å². The first kappa shape index (κ1) is 14.3. The third kappa shape index (κ3) is 2.06. The highest BCUT2D eigenvalue weighted by Gasteiger charge is 2.32. The first-order valence-electron chi connectivity index (χ1n) is 7.24. The van der Waals surface area contributed by atoms with E-state index in [1.54, 1.807) is 0 Å². The van der Waals surface area contributed by atoms with Gasteiger partial charge in [-0.25, -0.2) is 9.67 Å². The minimum absolute atomic E-state index is 0.468. The van der Waals surface area contributed by atoms with Crippen molar-refractivity contribution in [3.63, 3.8) is 0 Å². The second kappa shape index (κ2) is 5.60. The third-order valence-corrected chi connectivity index (χ3v) is 5.68. The number of hydrogen-bond acceptors (Lipinski definition) is 3. The summed E-state index contributed by atoms with van der Waals surface area (Å²) < 4.78 is 4.45. The number of thioether (sulfide) groups is 1. The van der Waals surface area contributed by atoms with Gasteiger partial charge in [0.15, 0.2) is 5.65 Å². The van der Waals surface area contributed by atoms with Crippen molar-refractivity contribution < 1.29 is 0 Å². The first-order chi connectivity index (χ1) is 9.71. The molecule has 0 saturated heterocycles. The van der Waals surface area contributed by atoms with E-state index in [1.807, 2.05) is 18.7 Å². The molecule has 6 heteroatoms. The highest BCUT2D eigenvalue weighted by Crippen LogP contribution is 2.40. The van der Waals surface area contributed by atoms with Gasteiger partial charge in [0.2, 0.25) is 0 Å². The number of imidazole rings is 1. The van der Waals surface area contributed by atoms with Gasteiger partial charge in [0.05, 0.1) is 11.6 Å². The molecule has 1 saturated carbocycles. The van der Waals surface area contributed by atoms with Gasteiger partial charge in [-0.3, -0.25) is 0 Å². The molecular formula is C14H21ClN4S. The zero-order chi connectivity index (χ0) is 14.3. The van der Waals surface area contributed by atoms with E-state index in [9.17, 15) is 0 Å². The zero-order valence-corrected chi connectivity index (χ0v) is 13.8. The highest BCUT2D eigenvalue weighted by molar-refractivity contribution is 7.99. The summed E-state index contributed by atoms with van der Waals surface area (Å²) >= 11 is 8.12. The molecule has 1 aliphatic carbocycles. The van der Waals surface area contributed by atoms with Crippen molar-refractivity contribution in [3.8, 4) is 0 Å². The SMILES string of the molecule is CCn1nc(C)c2nc(CCl)n(C3CCCC3SC)c21. The molecule has 0 bridgehead atoms. The predicted octanol–water partition coefficient (Wildman–Crippen LogP) is 3.76. The minimum atomic E-state index is 0.468. The predicted molar refractivity (Wildman–Crippen MR) is 85.7 cm³/mol. The molecule has 20 heavy (non-hydrogen) atoms. The first-order valence-corrected chi connectivity index (χ1v) is 9.06. The van der Waals surface area contributed by atoms with Gasteiger partial charge in [-0.2, -0.15) is 16.9 Å². The van der Waals surface area contributed by atoms with Gasteiger partial charge < -0.3 is 4.57 Å². The van der Waals surface area contributed by atoms with Crippen LogP contribution >= 0.6 is 23.4 Å². The second-order valence-electron chi connectivity index (χ2n) is 5.38. The summed E-state index contributed by atoms with van der Waals surface area (Å²) in [7, 11) is 0. The van der Waals surface area contributed by atoms with Crippen LogP contribution in [0.2, 0.25) is 0 Å². The molecule has 0 aliphatic heterocycles. The number of hydrogen-bond donors (Lipinski definition) is 0. The molecule has 0 radical (unpaired) electrons. The zero-order valence-electron chi connectivity index (χ0n) is 12.3. The molecule has 3 rings (SSSR count). The van der Waals surface area contributed by atoms with E-state index >= 15 is 0 Å². The van der Waals surface area contributed by atoms with Gasteiger partial charge >= 0.3 is 0 Å². The van der Waals surface area contributed by atoms with Crippen molar-refractivity contribution in [1.82, 2.24) is 19.3 Å². The van der Waals surface area contributed by atoms with E-state index in [1.165, 1.54) is 19.3 Å². The van der Waals surface area contributed by atoms with Gasteiger partial charge in [-0.05, 0) is 32.9 Å². The molecule has 0 amide bonds. The monoisotopic (exact) mass is 312 g/mol. The van der Waals surface area contributed by atoms with Crippen molar-refractivity contribution in [2.24, 2.45) is 0 Å². The van der Waals surface area contributed by atoms with Crippen LogP contribution in [0.4, 0.5) is 0 Å². The van der Waals surface area contributed by atoms with Crippen LogP contribution in [0, 0.1) is 6.92 Å². The number of halogens is 1. The summed E-state index contributed by atoms with van der Waals surface area (Å²) in [6.07, 6.45) is 6.00. The number of aryl methyl sites for hydroxylation is 2. The summed E-state index contributed by atoms with van der Waals surface area (Å²) in [5.74, 6) is 1.46. The molecule has 110 valence electrons. The van der Waals surface area contributed by atoms with Crippen LogP contribution in [0.15, 0.2) is 0 Å². The van der Waals surface area contributed by atoms with Crippen LogP contribution in [0.3, 0.4) is 0 Å². The van der Waals surface area contributed by atoms with Crippen LogP contribution in [0.25, 0.3) is 11.2 Å². The van der Waals surface area contributed by atoms with Gasteiger partial charge in [0.1, 0.15) is 11.3 Å². The normalized spacial score (nSPS) is 23.0. The van der Waals surface area contributed by atoms with Gasteiger partial charge in [0, 0.05) is 17.8 Å². The largest absolute Gasteiger partial charge is 0.308 e. The maximum Gasteiger partial charge on any atom is 0.159 e. The van der Waals surface area contributed by atoms with E-state index in [-0.39, 0.29) is 0 Å². The van der Waals surface area contributed by atoms with E-state index in [4.69, 9.17) is 16.6 Å². The smallest absolute Gasteiger partial charge is 0.159 e. The number of fused-ring (bicyclic) bond motifs is 1. The molecule has 2 unspecified atom stereocenters. The molecule has 2 heterocycles. The molecule has 0 aromatic carbocycles. The Morgan fingerprint density at radius 2 is 2.20 bits per heavy atom. The molecule has 0 N–H and O–H groups in total. The Labute approximate surface area is 128 Å². The average Bonchev–Trinajstić information content (AvgIpc) is 3.12. The second-order valence-corrected chi connectivity index (χ2v) is 6.72. The molecule has 2 aromatic heterocycles. The van der Waals surface area contributed by atoms with Gasteiger partial charge in [0.25, 0.3) is 0 Å². The summed E-state index contributed by atoms with van der Waals surface area (Å²) in [4.78, 5) is 4.75. The Kier molecular flexibility index (Phi) is 4.00. The molecule has 1 aliphatic rings.